The van der Waals surface area contributed by atoms with E-state index in [2.05, 4.69) is 15.3 Å². The highest BCUT2D eigenvalue weighted by molar-refractivity contribution is 7.18. The fourth-order valence-corrected chi connectivity index (χ4v) is 4.66. The quantitative estimate of drug-likeness (QED) is 0.458. The van der Waals surface area contributed by atoms with Gasteiger partial charge in [0, 0.05) is 19.3 Å². The highest BCUT2D eigenvalue weighted by Crippen LogP contribution is 2.33. The average molecular weight is 426 g/mol. The molecular formula is C20H15FN4O2S2. The van der Waals surface area contributed by atoms with Gasteiger partial charge in [-0.15, -0.1) is 0 Å². The number of carbonyl (C=O) groups excluding carboxylic acids is 2. The Kier molecular flexibility index (Phi) is 5.08. The SMILES string of the molecule is CC(=O)c1sc(NC(=O)c2nc(-n3cccc3)sc2-c2ccc(F)cc2)nc1C. The lowest BCUT2D eigenvalue weighted by Crippen LogP contribution is -2.13. The van der Waals surface area contributed by atoms with Crippen molar-refractivity contribution in [2.45, 2.75) is 13.8 Å². The number of thiazole rings is 2. The van der Waals surface area contributed by atoms with Gasteiger partial charge in [0.1, 0.15) is 11.5 Å². The summed E-state index contributed by atoms with van der Waals surface area (Å²) in [5, 5.41) is 3.67. The number of hydrogen-bond donors (Lipinski definition) is 1. The maximum atomic E-state index is 13.4. The first kappa shape index (κ1) is 19.2. The van der Waals surface area contributed by atoms with Crippen LogP contribution in [0.1, 0.15) is 32.8 Å². The molecule has 3 heterocycles. The minimum atomic E-state index is -0.442. The molecule has 6 nitrogen and oxygen atoms in total. The van der Waals surface area contributed by atoms with Crippen LogP contribution in [0.5, 0.6) is 0 Å². The lowest BCUT2D eigenvalue weighted by atomic mass is 10.1. The van der Waals surface area contributed by atoms with Crippen molar-refractivity contribution in [3.63, 3.8) is 0 Å². The van der Waals surface area contributed by atoms with Gasteiger partial charge in [-0.2, -0.15) is 0 Å². The minimum absolute atomic E-state index is 0.101. The second-order valence-electron chi connectivity index (χ2n) is 6.22. The van der Waals surface area contributed by atoms with Crippen LogP contribution in [0.2, 0.25) is 0 Å². The van der Waals surface area contributed by atoms with Crippen LogP contribution in [0.4, 0.5) is 9.52 Å². The van der Waals surface area contributed by atoms with Crippen LogP contribution in [0, 0.1) is 12.7 Å². The zero-order valence-electron chi connectivity index (χ0n) is 15.5. The first-order valence-corrected chi connectivity index (χ1v) is 10.3. The first-order chi connectivity index (χ1) is 13.9. The Morgan fingerprint density at radius 1 is 1.07 bits per heavy atom. The molecule has 0 spiro atoms. The number of halogens is 1. The normalized spacial score (nSPS) is 10.9. The lowest BCUT2D eigenvalue weighted by Gasteiger charge is -2.02. The summed E-state index contributed by atoms with van der Waals surface area (Å²) >= 11 is 2.45. The van der Waals surface area contributed by atoms with E-state index in [4.69, 9.17) is 0 Å². The molecule has 0 radical (unpaired) electrons. The number of nitrogens with one attached hydrogen (secondary N) is 1. The zero-order chi connectivity index (χ0) is 20.5. The van der Waals surface area contributed by atoms with Gasteiger partial charge >= 0.3 is 0 Å². The van der Waals surface area contributed by atoms with Gasteiger partial charge in [-0.3, -0.25) is 14.9 Å². The third-order valence-corrected chi connectivity index (χ3v) is 6.39. The summed E-state index contributed by atoms with van der Waals surface area (Å²) in [4.78, 5) is 34.5. The predicted octanol–water partition coefficient (Wildman–Crippen LogP) is 4.96. The van der Waals surface area contributed by atoms with E-state index in [1.165, 1.54) is 30.4 Å². The van der Waals surface area contributed by atoms with Gasteiger partial charge in [0.15, 0.2) is 16.0 Å². The second-order valence-corrected chi connectivity index (χ2v) is 8.19. The second kappa shape index (κ2) is 7.69. The molecule has 4 rings (SSSR count). The largest absolute Gasteiger partial charge is 0.300 e. The molecule has 0 aliphatic rings. The zero-order valence-corrected chi connectivity index (χ0v) is 17.1. The fourth-order valence-electron chi connectivity index (χ4n) is 2.76. The molecule has 4 aromatic rings. The summed E-state index contributed by atoms with van der Waals surface area (Å²) in [6.45, 7) is 3.18. The third-order valence-electron chi connectivity index (χ3n) is 4.10. The Hall–Kier alpha value is -3.17. The number of anilines is 1. The van der Waals surface area contributed by atoms with E-state index in [9.17, 15) is 14.0 Å². The van der Waals surface area contributed by atoms with E-state index in [0.29, 0.717) is 31.3 Å². The van der Waals surface area contributed by atoms with Crippen LogP contribution in [-0.2, 0) is 0 Å². The van der Waals surface area contributed by atoms with Crippen molar-refractivity contribution in [3.05, 3.63) is 70.9 Å². The van der Waals surface area contributed by atoms with Crippen LogP contribution in [0.3, 0.4) is 0 Å². The van der Waals surface area contributed by atoms with E-state index < -0.39 is 5.91 Å². The molecular weight excluding hydrogens is 411 g/mol. The Morgan fingerprint density at radius 3 is 2.38 bits per heavy atom. The van der Waals surface area contributed by atoms with Crippen molar-refractivity contribution >= 4 is 39.5 Å². The summed E-state index contributed by atoms with van der Waals surface area (Å²) in [7, 11) is 0. The van der Waals surface area contributed by atoms with Crippen LogP contribution < -0.4 is 5.32 Å². The van der Waals surface area contributed by atoms with Gasteiger partial charge in [-0.1, -0.05) is 34.8 Å². The number of rotatable bonds is 5. The van der Waals surface area contributed by atoms with Crippen molar-refractivity contribution < 1.29 is 14.0 Å². The third kappa shape index (κ3) is 3.87. The highest BCUT2D eigenvalue weighted by Gasteiger charge is 2.22. The maximum Gasteiger partial charge on any atom is 0.277 e. The van der Waals surface area contributed by atoms with Gasteiger partial charge < -0.3 is 4.57 Å². The number of benzene rings is 1. The predicted molar refractivity (Wildman–Crippen MR) is 112 cm³/mol. The number of Topliss-reactive ketones (excluding diaryl/α,β-unsaturated/α-hetero) is 1. The van der Waals surface area contributed by atoms with Crippen molar-refractivity contribution in [2.24, 2.45) is 0 Å². The van der Waals surface area contributed by atoms with Gasteiger partial charge in [-0.05, 0) is 36.8 Å². The van der Waals surface area contributed by atoms with Crippen LogP contribution in [-0.4, -0.2) is 26.2 Å². The van der Waals surface area contributed by atoms with E-state index in [1.54, 1.807) is 23.6 Å². The molecule has 0 saturated carbocycles. The molecule has 0 bridgehead atoms. The molecule has 3 aromatic heterocycles. The monoisotopic (exact) mass is 426 g/mol. The molecule has 0 aliphatic carbocycles. The van der Waals surface area contributed by atoms with E-state index in [0.717, 1.165) is 11.3 Å². The van der Waals surface area contributed by atoms with E-state index in [-0.39, 0.29) is 17.3 Å². The number of hydrogen-bond acceptors (Lipinski definition) is 6. The lowest BCUT2D eigenvalue weighted by molar-refractivity contribution is 0.101. The molecule has 0 unspecified atom stereocenters. The average Bonchev–Trinajstić information content (AvgIpc) is 3.41. The smallest absolute Gasteiger partial charge is 0.277 e. The fraction of sp³-hybridized carbons (Fsp3) is 0.100. The van der Waals surface area contributed by atoms with E-state index in [1.807, 2.05) is 24.5 Å². The van der Waals surface area contributed by atoms with Crippen molar-refractivity contribution in [3.8, 4) is 15.6 Å². The van der Waals surface area contributed by atoms with Crippen molar-refractivity contribution in [1.29, 1.82) is 0 Å². The molecule has 1 N–H and O–H groups in total. The molecule has 9 heteroatoms. The van der Waals surface area contributed by atoms with Crippen molar-refractivity contribution in [2.75, 3.05) is 5.32 Å². The molecule has 0 aliphatic heterocycles. The summed E-state index contributed by atoms with van der Waals surface area (Å²) < 4.78 is 15.2. The molecule has 0 fully saturated rings. The molecule has 1 amide bonds. The van der Waals surface area contributed by atoms with Gasteiger partial charge in [0.2, 0.25) is 0 Å². The summed E-state index contributed by atoms with van der Waals surface area (Å²) in [5.41, 5.74) is 1.47. The molecule has 0 atom stereocenters. The number of aromatic nitrogens is 3. The van der Waals surface area contributed by atoms with Crippen LogP contribution in [0.25, 0.3) is 15.6 Å². The summed E-state index contributed by atoms with van der Waals surface area (Å²) in [6.07, 6.45) is 3.66. The van der Waals surface area contributed by atoms with Gasteiger partial charge in [0.25, 0.3) is 5.91 Å². The number of aryl methyl sites for hydroxylation is 1. The Bertz CT molecular complexity index is 1190. The van der Waals surface area contributed by atoms with Gasteiger partial charge in [0.05, 0.1) is 15.4 Å². The van der Waals surface area contributed by atoms with Crippen LogP contribution in [0.15, 0.2) is 48.8 Å². The molecule has 1 aromatic carbocycles. The number of nitrogens with zero attached hydrogens (tertiary/aromatic N) is 3. The first-order valence-electron chi connectivity index (χ1n) is 8.62. The molecule has 29 heavy (non-hydrogen) atoms. The minimum Gasteiger partial charge on any atom is -0.300 e. The molecule has 146 valence electrons. The van der Waals surface area contributed by atoms with Crippen LogP contribution >= 0.6 is 22.7 Å². The summed E-state index contributed by atoms with van der Waals surface area (Å²) in [6, 6.07) is 9.63. The topological polar surface area (TPSA) is 76.9 Å². The highest BCUT2D eigenvalue weighted by atomic mass is 32.1. The standard InChI is InChI=1S/C20H15FN4O2S2/c1-11-16(12(2)26)28-19(22-11)24-18(27)15-17(13-5-7-14(21)8-6-13)29-20(23-15)25-9-3-4-10-25/h3-10H,1-2H3,(H,22,24,27). The van der Waals surface area contributed by atoms with Gasteiger partial charge in [-0.25, -0.2) is 14.4 Å². The van der Waals surface area contributed by atoms with E-state index >= 15 is 0 Å². The Morgan fingerprint density at radius 2 is 1.76 bits per heavy atom. The summed E-state index contributed by atoms with van der Waals surface area (Å²) in [5.74, 6) is -0.899. The Labute approximate surface area is 173 Å². The number of amides is 1. The molecule has 0 saturated heterocycles. The Balaban J connectivity index is 1.73. The number of ketones is 1. The number of carbonyl (C=O) groups is 2. The maximum absolute atomic E-state index is 13.4. The van der Waals surface area contributed by atoms with Crippen molar-refractivity contribution in [1.82, 2.24) is 14.5 Å².